The van der Waals surface area contributed by atoms with Crippen molar-refractivity contribution in [2.24, 2.45) is 0 Å². The molecule has 1 atom stereocenters. The summed E-state index contributed by atoms with van der Waals surface area (Å²) >= 11 is 0. The normalized spacial score (nSPS) is 12.3. The molecule has 0 saturated heterocycles. The van der Waals surface area contributed by atoms with Gasteiger partial charge in [0.1, 0.15) is 12.4 Å². The number of nitrogens with one attached hydrogen (secondary N) is 2. The number of nitrogens with zero attached hydrogens (tertiary/aromatic N) is 4. The van der Waals surface area contributed by atoms with Crippen molar-refractivity contribution in [3.8, 4) is 0 Å². The van der Waals surface area contributed by atoms with Crippen molar-refractivity contribution in [2.75, 3.05) is 7.05 Å². The first-order chi connectivity index (χ1) is 13.4. The highest BCUT2D eigenvalue weighted by atomic mass is 16.4. The molecule has 0 radical (unpaired) electrons. The monoisotopic (exact) mass is 384 g/mol. The average Bonchev–Trinajstić information content (AvgIpc) is 3.28. The van der Waals surface area contributed by atoms with Gasteiger partial charge in [0.2, 0.25) is 0 Å². The maximum atomic E-state index is 12.5. The maximum Gasteiger partial charge on any atom is 0.326 e. The van der Waals surface area contributed by atoms with E-state index >= 15 is 0 Å². The van der Waals surface area contributed by atoms with E-state index in [4.69, 9.17) is 0 Å². The van der Waals surface area contributed by atoms with Crippen molar-refractivity contribution < 1.29 is 14.7 Å². The van der Waals surface area contributed by atoms with Crippen molar-refractivity contribution in [3.63, 3.8) is 0 Å². The minimum absolute atomic E-state index is 0.162. The van der Waals surface area contributed by atoms with Gasteiger partial charge in [0.25, 0.3) is 0 Å². The van der Waals surface area contributed by atoms with Crippen molar-refractivity contribution in [3.05, 3.63) is 48.2 Å². The number of carbonyl (C=O) groups excluding carboxylic acids is 1. The van der Waals surface area contributed by atoms with E-state index in [1.165, 1.54) is 4.90 Å². The largest absolute Gasteiger partial charge is 0.480 e. The molecule has 1 aromatic carbocycles. The fourth-order valence-electron chi connectivity index (χ4n) is 3.07. The molecule has 0 aliphatic carbocycles. The lowest BCUT2D eigenvalue weighted by Gasteiger charge is -2.22. The predicted molar refractivity (Wildman–Crippen MR) is 104 cm³/mol. The van der Waals surface area contributed by atoms with Crippen LogP contribution in [0.3, 0.4) is 0 Å². The third kappa shape index (κ3) is 4.13. The van der Waals surface area contributed by atoms with E-state index in [1.807, 2.05) is 42.7 Å². The number of benzene rings is 1. The van der Waals surface area contributed by atoms with E-state index in [2.05, 4.69) is 20.5 Å². The number of aliphatic carboxylic acids is 1. The smallest absolute Gasteiger partial charge is 0.326 e. The van der Waals surface area contributed by atoms with E-state index in [1.54, 1.807) is 19.6 Å². The van der Waals surface area contributed by atoms with Crippen molar-refractivity contribution >= 4 is 22.9 Å². The SMILES string of the molecule is CC(C)n1cnnc1CN(C)C(=O)N[C@@H](Cc1c[nH]c2ccccc12)C(=O)O. The first kappa shape index (κ1) is 19.4. The third-order valence-electron chi connectivity index (χ3n) is 4.62. The number of amides is 2. The van der Waals surface area contributed by atoms with E-state index in [-0.39, 0.29) is 19.0 Å². The summed E-state index contributed by atoms with van der Waals surface area (Å²) in [6.45, 7) is 4.21. The van der Waals surface area contributed by atoms with E-state index < -0.39 is 18.0 Å². The highest BCUT2D eigenvalue weighted by Crippen LogP contribution is 2.19. The van der Waals surface area contributed by atoms with Gasteiger partial charge in [-0.25, -0.2) is 9.59 Å². The minimum Gasteiger partial charge on any atom is -0.480 e. The molecule has 28 heavy (non-hydrogen) atoms. The Balaban J connectivity index is 1.68. The maximum absolute atomic E-state index is 12.5. The molecule has 0 unspecified atom stereocenters. The van der Waals surface area contributed by atoms with Crippen molar-refractivity contribution in [2.45, 2.75) is 38.9 Å². The molecule has 2 amide bonds. The number of H-pyrrole nitrogens is 1. The Hall–Kier alpha value is -3.36. The van der Waals surface area contributed by atoms with E-state index in [9.17, 15) is 14.7 Å². The fraction of sp³-hybridized carbons (Fsp3) is 0.368. The number of aromatic amines is 1. The van der Waals surface area contributed by atoms with Gasteiger partial charge < -0.3 is 24.9 Å². The number of aromatic nitrogens is 4. The Bertz CT molecular complexity index is 977. The summed E-state index contributed by atoms with van der Waals surface area (Å²) < 4.78 is 1.87. The van der Waals surface area contributed by atoms with Gasteiger partial charge in [-0.1, -0.05) is 18.2 Å². The molecule has 0 aliphatic rings. The highest BCUT2D eigenvalue weighted by molar-refractivity contribution is 5.86. The van der Waals surface area contributed by atoms with Gasteiger partial charge in [0.05, 0.1) is 6.54 Å². The standard InChI is InChI=1S/C19H24N6O3/c1-12(2)25-11-21-23-17(25)10-24(3)19(28)22-16(18(26)27)8-13-9-20-15-7-5-4-6-14(13)15/h4-7,9,11-12,16,20H,8,10H2,1-3H3,(H,22,28)(H,26,27)/t16-/m0/s1. The minimum atomic E-state index is -1.09. The topological polar surface area (TPSA) is 116 Å². The first-order valence-electron chi connectivity index (χ1n) is 9.04. The van der Waals surface area contributed by atoms with Crippen LogP contribution in [0.4, 0.5) is 4.79 Å². The molecule has 0 aliphatic heterocycles. The Morgan fingerprint density at radius 1 is 1.32 bits per heavy atom. The zero-order valence-electron chi connectivity index (χ0n) is 16.1. The van der Waals surface area contributed by atoms with Gasteiger partial charge in [0, 0.05) is 36.6 Å². The second kappa shape index (κ2) is 8.12. The van der Waals surface area contributed by atoms with Crippen LogP contribution >= 0.6 is 0 Å². The number of carboxylic acids is 1. The fourth-order valence-corrected chi connectivity index (χ4v) is 3.07. The number of fused-ring (bicyclic) bond motifs is 1. The summed E-state index contributed by atoms with van der Waals surface area (Å²) in [4.78, 5) is 28.8. The average molecular weight is 384 g/mol. The quantitative estimate of drug-likeness (QED) is 0.577. The molecule has 0 saturated carbocycles. The van der Waals surface area contributed by atoms with Crippen molar-refractivity contribution in [1.29, 1.82) is 0 Å². The number of hydrogen-bond acceptors (Lipinski definition) is 4. The molecule has 2 heterocycles. The van der Waals surface area contributed by atoms with Gasteiger partial charge in [-0.3, -0.25) is 0 Å². The van der Waals surface area contributed by atoms with E-state index in [0.29, 0.717) is 5.82 Å². The number of carbonyl (C=O) groups is 2. The Morgan fingerprint density at radius 3 is 2.79 bits per heavy atom. The van der Waals surface area contributed by atoms with Crippen LogP contribution in [0.25, 0.3) is 10.9 Å². The van der Waals surface area contributed by atoms with Crippen LogP contribution in [0.1, 0.15) is 31.3 Å². The molecule has 0 fully saturated rings. The molecule has 0 bridgehead atoms. The molecule has 3 N–H and O–H groups in total. The van der Waals surface area contributed by atoms with Crippen LogP contribution in [-0.2, 0) is 17.8 Å². The number of rotatable bonds is 7. The number of carboxylic acid groups (broad SMARTS) is 1. The van der Waals surface area contributed by atoms with Crippen LogP contribution in [0.5, 0.6) is 0 Å². The number of hydrogen-bond donors (Lipinski definition) is 3. The molecule has 9 nitrogen and oxygen atoms in total. The summed E-state index contributed by atoms with van der Waals surface area (Å²) in [6, 6.07) is 6.28. The van der Waals surface area contributed by atoms with Gasteiger partial charge >= 0.3 is 12.0 Å². The zero-order chi connectivity index (χ0) is 20.3. The Morgan fingerprint density at radius 2 is 2.07 bits per heavy atom. The molecular weight excluding hydrogens is 360 g/mol. The molecule has 0 spiro atoms. The second-order valence-corrected chi connectivity index (χ2v) is 7.01. The summed E-state index contributed by atoms with van der Waals surface area (Å²) in [6.07, 6.45) is 3.57. The first-order valence-corrected chi connectivity index (χ1v) is 9.04. The van der Waals surface area contributed by atoms with Crippen LogP contribution in [0.15, 0.2) is 36.8 Å². The highest BCUT2D eigenvalue weighted by Gasteiger charge is 2.24. The van der Waals surface area contributed by atoms with E-state index in [0.717, 1.165) is 16.5 Å². The van der Waals surface area contributed by atoms with Crippen LogP contribution < -0.4 is 5.32 Å². The summed E-state index contributed by atoms with van der Waals surface area (Å²) in [7, 11) is 1.60. The Labute approximate surface area is 162 Å². The zero-order valence-corrected chi connectivity index (χ0v) is 16.1. The van der Waals surface area contributed by atoms with Crippen LogP contribution in [-0.4, -0.2) is 54.8 Å². The third-order valence-corrected chi connectivity index (χ3v) is 4.62. The molecule has 9 heteroatoms. The Kier molecular flexibility index (Phi) is 5.62. The second-order valence-electron chi connectivity index (χ2n) is 7.01. The molecule has 2 aromatic heterocycles. The number of para-hydroxylation sites is 1. The molecule has 3 rings (SSSR count). The van der Waals surface area contributed by atoms with Gasteiger partial charge in [-0.2, -0.15) is 0 Å². The predicted octanol–water partition coefficient (Wildman–Crippen LogP) is 2.18. The number of urea groups is 1. The van der Waals surface area contributed by atoms with Crippen molar-refractivity contribution in [1.82, 2.24) is 30.0 Å². The van der Waals surface area contributed by atoms with Crippen LogP contribution in [0.2, 0.25) is 0 Å². The van der Waals surface area contributed by atoms with Gasteiger partial charge in [-0.15, -0.1) is 10.2 Å². The van der Waals surface area contributed by atoms with Gasteiger partial charge in [0.15, 0.2) is 5.82 Å². The summed E-state index contributed by atoms with van der Waals surface area (Å²) in [5.41, 5.74) is 1.77. The van der Waals surface area contributed by atoms with Crippen LogP contribution in [0, 0.1) is 0 Å². The molecule has 148 valence electrons. The summed E-state index contributed by atoms with van der Waals surface area (Å²) in [5.74, 6) is -0.450. The summed E-state index contributed by atoms with van der Waals surface area (Å²) in [5, 5.41) is 21.0. The lowest BCUT2D eigenvalue weighted by atomic mass is 10.1. The van der Waals surface area contributed by atoms with Gasteiger partial charge in [-0.05, 0) is 25.5 Å². The lowest BCUT2D eigenvalue weighted by Crippen LogP contribution is -2.47. The molecular formula is C19H24N6O3. The lowest BCUT2D eigenvalue weighted by molar-refractivity contribution is -0.139. The molecule has 3 aromatic rings.